The highest BCUT2D eigenvalue weighted by Gasteiger charge is 2.06. The van der Waals surface area contributed by atoms with Gasteiger partial charge in [-0.3, -0.25) is 0 Å². The molecule has 1 aromatic heterocycles. The summed E-state index contributed by atoms with van der Waals surface area (Å²) in [5, 5.41) is 4.20. The molecule has 0 saturated heterocycles. The highest BCUT2D eigenvalue weighted by Crippen LogP contribution is 2.30. The summed E-state index contributed by atoms with van der Waals surface area (Å²) < 4.78 is 0. The van der Waals surface area contributed by atoms with Gasteiger partial charge in [-0.05, 0) is 36.8 Å². The third-order valence-corrected chi connectivity index (χ3v) is 2.94. The number of pyridine rings is 1. The fourth-order valence-electron chi connectivity index (χ4n) is 1.39. The molecule has 17 heavy (non-hydrogen) atoms. The molecule has 0 atom stereocenters. The lowest BCUT2D eigenvalue weighted by molar-refractivity contribution is 1.28. The second-order valence-electron chi connectivity index (χ2n) is 3.64. The topological polar surface area (TPSA) is 50.9 Å². The zero-order valence-corrected chi connectivity index (χ0v) is 10.7. The summed E-state index contributed by atoms with van der Waals surface area (Å²) in [6, 6.07) is 7.05. The first-order valence-corrected chi connectivity index (χ1v) is 5.76. The van der Waals surface area contributed by atoms with E-state index in [9.17, 15) is 0 Å². The minimum absolute atomic E-state index is 0.528. The summed E-state index contributed by atoms with van der Waals surface area (Å²) in [5.41, 5.74) is 8.21. The Morgan fingerprint density at radius 3 is 2.71 bits per heavy atom. The van der Waals surface area contributed by atoms with Gasteiger partial charge in [-0.1, -0.05) is 23.2 Å². The van der Waals surface area contributed by atoms with Crippen molar-refractivity contribution in [3.63, 3.8) is 0 Å². The Labute approximate surface area is 110 Å². The first-order chi connectivity index (χ1) is 8.08. The fourth-order valence-corrected chi connectivity index (χ4v) is 1.84. The van der Waals surface area contributed by atoms with Crippen LogP contribution in [-0.2, 0) is 0 Å². The largest absolute Gasteiger partial charge is 0.396 e. The molecule has 1 aromatic carbocycles. The van der Waals surface area contributed by atoms with E-state index in [1.54, 1.807) is 24.4 Å². The van der Waals surface area contributed by atoms with E-state index >= 15 is 0 Å². The van der Waals surface area contributed by atoms with Gasteiger partial charge in [0.05, 0.1) is 16.4 Å². The summed E-state index contributed by atoms with van der Waals surface area (Å²) in [4.78, 5) is 4.17. The van der Waals surface area contributed by atoms with Gasteiger partial charge in [0.1, 0.15) is 0 Å². The Kier molecular flexibility index (Phi) is 3.41. The monoisotopic (exact) mass is 267 g/mol. The number of aromatic nitrogens is 1. The molecule has 2 rings (SSSR count). The number of halogens is 2. The Morgan fingerprint density at radius 1 is 1.24 bits per heavy atom. The molecule has 0 radical (unpaired) electrons. The van der Waals surface area contributed by atoms with Crippen LogP contribution >= 0.6 is 23.2 Å². The lowest BCUT2D eigenvalue weighted by Gasteiger charge is -2.11. The zero-order chi connectivity index (χ0) is 12.4. The van der Waals surface area contributed by atoms with E-state index < -0.39 is 0 Å². The molecule has 0 unspecified atom stereocenters. The van der Waals surface area contributed by atoms with E-state index in [1.807, 2.05) is 13.0 Å². The van der Waals surface area contributed by atoms with Gasteiger partial charge in [0.25, 0.3) is 0 Å². The second-order valence-corrected chi connectivity index (χ2v) is 4.48. The number of hydrogen-bond acceptors (Lipinski definition) is 3. The van der Waals surface area contributed by atoms with Gasteiger partial charge < -0.3 is 11.1 Å². The molecule has 5 heteroatoms. The van der Waals surface area contributed by atoms with E-state index in [0.29, 0.717) is 21.6 Å². The molecule has 0 spiro atoms. The van der Waals surface area contributed by atoms with Gasteiger partial charge >= 0.3 is 0 Å². The average Bonchev–Trinajstić information content (AvgIpc) is 2.28. The summed E-state index contributed by atoms with van der Waals surface area (Å²) in [6.07, 6.45) is 1.69. The number of nitrogens with zero attached hydrogens (tertiary/aromatic N) is 1. The molecule has 0 amide bonds. The molecule has 88 valence electrons. The quantitative estimate of drug-likeness (QED) is 0.864. The van der Waals surface area contributed by atoms with Crippen molar-refractivity contribution in [1.82, 2.24) is 4.98 Å². The highest BCUT2D eigenvalue weighted by atomic mass is 35.5. The number of nitrogen functional groups attached to an aromatic ring is 1. The maximum absolute atomic E-state index is 6.06. The van der Waals surface area contributed by atoms with Crippen LogP contribution in [0.3, 0.4) is 0 Å². The van der Waals surface area contributed by atoms with E-state index in [0.717, 1.165) is 11.3 Å². The average molecular weight is 268 g/mol. The van der Waals surface area contributed by atoms with Crippen LogP contribution in [0, 0.1) is 6.92 Å². The number of aryl methyl sites for hydroxylation is 1. The molecule has 0 fully saturated rings. The molecule has 0 aliphatic carbocycles. The van der Waals surface area contributed by atoms with Gasteiger partial charge in [0, 0.05) is 11.2 Å². The van der Waals surface area contributed by atoms with Gasteiger partial charge in [-0.15, -0.1) is 0 Å². The van der Waals surface area contributed by atoms with Crippen LogP contribution < -0.4 is 11.1 Å². The fraction of sp³-hybridized carbons (Fsp3) is 0.0833. The Morgan fingerprint density at radius 2 is 2.00 bits per heavy atom. The summed E-state index contributed by atoms with van der Waals surface area (Å²) >= 11 is 11.9. The highest BCUT2D eigenvalue weighted by molar-refractivity contribution is 6.36. The minimum Gasteiger partial charge on any atom is -0.396 e. The van der Waals surface area contributed by atoms with Crippen molar-refractivity contribution in [2.24, 2.45) is 0 Å². The van der Waals surface area contributed by atoms with E-state index in [1.165, 1.54) is 0 Å². The maximum Gasteiger partial charge on any atom is 0.153 e. The smallest absolute Gasteiger partial charge is 0.153 e. The predicted molar refractivity (Wildman–Crippen MR) is 73.1 cm³/mol. The standard InChI is InChI=1S/C12H11Cl2N3/c1-7-4-5-16-12(11(7)15)17-10-3-2-8(13)6-9(10)14/h2-6H,15H2,1H3,(H,16,17). The maximum atomic E-state index is 6.06. The van der Waals surface area contributed by atoms with Gasteiger partial charge in [-0.25, -0.2) is 4.98 Å². The lowest BCUT2D eigenvalue weighted by atomic mass is 10.2. The number of rotatable bonds is 2. The van der Waals surface area contributed by atoms with Crippen LogP contribution in [0.15, 0.2) is 30.5 Å². The molecule has 2 aromatic rings. The molecule has 3 N–H and O–H groups in total. The molecular weight excluding hydrogens is 257 g/mol. The third kappa shape index (κ3) is 2.62. The summed E-state index contributed by atoms with van der Waals surface area (Å²) in [7, 11) is 0. The molecule has 3 nitrogen and oxygen atoms in total. The van der Waals surface area contributed by atoms with Crippen molar-refractivity contribution >= 4 is 40.4 Å². The molecule has 1 heterocycles. The van der Waals surface area contributed by atoms with Gasteiger partial charge in [0.2, 0.25) is 0 Å². The molecular formula is C12H11Cl2N3. The minimum atomic E-state index is 0.528. The Balaban J connectivity index is 2.35. The van der Waals surface area contributed by atoms with Crippen LogP contribution in [0.1, 0.15) is 5.56 Å². The first-order valence-electron chi connectivity index (χ1n) is 5.01. The van der Waals surface area contributed by atoms with Crippen LogP contribution in [0.25, 0.3) is 0 Å². The van der Waals surface area contributed by atoms with E-state index in [2.05, 4.69) is 10.3 Å². The molecule has 0 saturated carbocycles. The number of nitrogens with two attached hydrogens (primary N) is 1. The van der Waals surface area contributed by atoms with Gasteiger partial charge in [0.15, 0.2) is 5.82 Å². The predicted octanol–water partition coefficient (Wildman–Crippen LogP) is 4.02. The van der Waals surface area contributed by atoms with Crippen molar-refractivity contribution in [2.45, 2.75) is 6.92 Å². The van der Waals surface area contributed by atoms with Gasteiger partial charge in [-0.2, -0.15) is 0 Å². The number of nitrogens with one attached hydrogen (secondary N) is 1. The van der Waals surface area contributed by atoms with Crippen LogP contribution in [-0.4, -0.2) is 4.98 Å². The van der Waals surface area contributed by atoms with Crippen molar-refractivity contribution in [3.8, 4) is 0 Å². The third-order valence-electron chi connectivity index (χ3n) is 2.39. The van der Waals surface area contributed by atoms with Crippen molar-refractivity contribution in [1.29, 1.82) is 0 Å². The van der Waals surface area contributed by atoms with Crippen LogP contribution in [0.5, 0.6) is 0 Å². The number of benzene rings is 1. The summed E-state index contributed by atoms with van der Waals surface area (Å²) in [5.74, 6) is 0.592. The first kappa shape index (κ1) is 12.0. The van der Waals surface area contributed by atoms with Crippen molar-refractivity contribution < 1.29 is 0 Å². The Bertz CT molecular complexity index is 555. The van der Waals surface area contributed by atoms with Crippen LogP contribution in [0.2, 0.25) is 10.0 Å². The normalized spacial score (nSPS) is 10.3. The van der Waals surface area contributed by atoms with Crippen molar-refractivity contribution in [2.75, 3.05) is 11.1 Å². The SMILES string of the molecule is Cc1ccnc(Nc2ccc(Cl)cc2Cl)c1N. The lowest BCUT2D eigenvalue weighted by Crippen LogP contribution is -2.01. The summed E-state index contributed by atoms with van der Waals surface area (Å²) in [6.45, 7) is 1.92. The van der Waals surface area contributed by atoms with E-state index in [4.69, 9.17) is 28.9 Å². The molecule has 0 bridgehead atoms. The molecule has 0 aliphatic heterocycles. The van der Waals surface area contributed by atoms with Crippen LogP contribution in [0.4, 0.5) is 17.2 Å². The number of hydrogen-bond donors (Lipinski definition) is 2. The Hall–Kier alpha value is -1.45. The molecule has 0 aliphatic rings. The second kappa shape index (κ2) is 4.82. The van der Waals surface area contributed by atoms with E-state index in [-0.39, 0.29) is 0 Å². The van der Waals surface area contributed by atoms with Crippen molar-refractivity contribution in [3.05, 3.63) is 46.1 Å². The zero-order valence-electron chi connectivity index (χ0n) is 9.17. The number of anilines is 3.